The molecule has 0 aromatic rings. The van der Waals surface area contributed by atoms with E-state index in [9.17, 15) is 13.6 Å². The number of carbonyl (C=O) groups excluding carboxylic acids is 1. The maximum absolute atomic E-state index is 13.4. The van der Waals surface area contributed by atoms with Gasteiger partial charge in [-0.25, -0.2) is 13.6 Å². The highest BCUT2D eigenvalue weighted by Crippen LogP contribution is 2.21. The second-order valence-corrected chi connectivity index (χ2v) is 5.44. The van der Waals surface area contributed by atoms with Crippen LogP contribution in [0.4, 0.5) is 13.6 Å². The Labute approximate surface area is 100 Å². The first-order chi connectivity index (χ1) is 7.61. The summed E-state index contributed by atoms with van der Waals surface area (Å²) in [6.07, 6.45) is -0.687. The minimum Gasteiger partial charge on any atom is -0.444 e. The van der Waals surface area contributed by atoms with Gasteiger partial charge < -0.3 is 10.1 Å². The Hall–Kier alpha value is -0.910. The van der Waals surface area contributed by atoms with E-state index in [0.29, 0.717) is 6.54 Å². The van der Waals surface area contributed by atoms with Gasteiger partial charge in [0.25, 0.3) is 5.92 Å². The van der Waals surface area contributed by atoms with Gasteiger partial charge in [0.1, 0.15) is 5.60 Å². The fourth-order valence-corrected chi connectivity index (χ4v) is 1.60. The first-order valence-corrected chi connectivity index (χ1v) is 5.69. The Bertz CT molecular complexity index is 290. The first-order valence-electron chi connectivity index (χ1n) is 5.69. The van der Waals surface area contributed by atoms with Crippen molar-refractivity contribution in [2.75, 3.05) is 19.6 Å². The Kier molecular flexibility index (Phi) is 3.96. The van der Waals surface area contributed by atoms with Crippen molar-refractivity contribution in [3.05, 3.63) is 0 Å². The van der Waals surface area contributed by atoms with Crippen LogP contribution in [-0.2, 0) is 4.74 Å². The zero-order chi connectivity index (χ0) is 13.3. The van der Waals surface area contributed by atoms with Crippen molar-refractivity contribution in [3.63, 3.8) is 0 Å². The van der Waals surface area contributed by atoms with E-state index in [4.69, 9.17) is 4.74 Å². The van der Waals surface area contributed by atoms with Crippen molar-refractivity contribution >= 4 is 6.09 Å². The molecule has 0 unspecified atom stereocenters. The summed E-state index contributed by atoms with van der Waals surface area (Å²) in [5, 5.41) is 2.64. The number of ether oxygens (including phenoxy) is 1. The lowest BCUT2D eigenvalue weighted by molar-refractivity contribution is -0.0364. The molecule has 1 N–H and O–H groups in total. The first kappa shape index (κ1) is 14.2. The second-order valence-electron chi connectivity index (χ2n) is 5.44. The minimum atomic E-state index is -2.92. The van der Waals surface area contributed by atoms with Crippen LogP contribution >= 0.6 is 0 Å². The summed E-state index contributed by atoms with van der Waals surface area (Å²) in [7, 11) is 0. The van der Waals surface area contributed by atoms with Crippen LogP contribution in [0.3, 0.4) is 0 Å². The lowest BCUT2D eigenvalue weighted by Gasteiger charge is -2.31. The molecule has 1 aliphatic rings. The molecule has 1 fully saturated rings. The third-order valence-electron chi connectivity index (χ3n) is 2.39. The molecule has 0 radical (unpaired) electrons. The Morgan fingerprint density at radius 2 is 2.06 bits per heavy atom. The molecule has 0 spiro atoms. The summed E-state index contributed by atoms with van der Waals surface area (Å²) in [6, 6.07) is -0.307. The molecular weight excluding hydrogens is 230 g/mol. The molecular formula is C11H20F2N2O2. The van der Waals surface area contributed by atoms with Gasteiger partial charge in [-0.15, -0.1) is 0 Å². The predicted octanol–water partition coefficient (Wildman–Crippen LogP) is 1.85. The maximum atomic E-state index is 13.4. The highest BCUT2D eigenvalue weighted by atomic mass is 19.3. The summed E-state index contributed by atoms with van der Waals surface area (Å²) >= 11 is 0. The van der Waals surface area contributed by atoms with Crippen molar-refractivity contribution in [1.29, 1.82) is 0 Å². The van der Waals surface area contributed by atoms with Crippen LogP contribution in [0.2, 0.25) is 0 Å². The fourth-order valence-electron chi connectivity index (χ4n) is 1.60. The highest BCUT2D eigenvalue weighted by molar-refractivity contribution is 5.68. The van der Waals surface area contributed by atoms with Gasteiger partial charge in [-0.1, -0.05) is 0 Å². The molecule has 17 heavy (non-hydrogen) atoms. The second kappa shape index (κ2) is 4.76. The zero-order valence-corrected chi connectivity index (χ0v) is 10.7. The average molecular weight is 250 g/mol. The van der Waals surface area contributed by atoms with Crippen molar-refractivity contribution in [2.24, 2.45) is 0 Å². The third kappa shape index (κ3) is 4.46. The van der Waals surface area contributed by atoms with E-state index in [1.807, 2.05) is 0 Å². The summed E-state index contributed by atoms with van der Waals surface area (Å²) in [5.74, 6) is -2.92. The van der Waals surface area contributed by atoms with Crippen LogP contribution in [0, 0.1) is 0 Å². The zero-order valence-electron chi connectivity index (χ0n) is 10.7. The number of rotatable bonds is 0. The van der Waals surface area contributed by atoms with Crippen molar-refractivity contribution in [3.8, 4) is 0 Å². The number of nitrogens with one attached hydrogen (secondary N) is 1. The molecule has 6 heteroatoms. The van der Waals surface area contributed by atoms with Crippen LogP contribution in [0.25, 0.3) is 0 Å². The number of alkyl halides is 2. The van der Waals surface area contributed by atoms with Gasteiger partial charge in [0.05, 0.1) is 13.1 Å². The quantitative estimate of drug-likeness (QED) is 0.713. The molecule has 1 atom stereocenters. The van der Waals surface area contributed by atoms with Gasteiger partial charge in [0.15, 0.2) is 0 Å². The number of hydrogen-bond donors (Lipinski definition) is 1. The van der Waals surface area contributed by atoms with E-state index < -0.39 is 30.7 Å². The van der Waals surface area contributed by atoms with Crippen LogP contribution in [-0.4, -0.2) is 48.2 Å². The topological polar surface area (TPSA) is 41.6 Å². The van der Waals surface area contributed by atoms with Crippen molar-refractivity contribution in [1.82, 2.24) is 10.2 Å². The molecule has 100 valence electrons. The average Bonchev–Trinajstić information content (AvgIpc) is 2.22. The molecule has 0 bridgehead atoms. The van der Waals surface area contributed by atoms with E-state index in [2.05, 4.69) is 5.32 Å². The number of amides is 1. The van der Waals surface area contributed by atoms with Gasteiger partial charge in [-0.3, -0.25) is 4.90 Å². The smallest absolute Gasteiger partial charge is 0.410 e. The van der Waals surface area contributed by atoms with E-state index in [1.54, 1.807) is 27.7 Å². The maximum Gasteiger partial charge on any atom is 0.410 e. The van der Waals surface area contributed by atoms with E-state index in [0.717, 1.165) is 4.90 Å². The van der Waals surface area contributed by atoms with Crippen LogP contribution < -0.4 is 5.32 Å². The molecule has 1 rings (SSSR count). The molecule has 0 aliphatic carbocycles. The largest absolute Gasteiger partial charge is 0.444 e. The van der Waals surface area contributed by atoms with E-state index in [-0.39, 0.29) is 6.04 Å². The molecule has 0 aromatic heterocycles. The van der Waals surface area contributed by atoms with Crippen LogP contribution in [0.5, 0.6) is 0 Å². The van der Waals surface area contributed by atoms with Crippen molar-refractivity contribution < 1.29 is 18.3 Å². The number of halogens is 2. The molecule has 4 nitrogen and oxygen atoms in total. The molecule has 1 heterocycles. The fraction of sp³-hybridized carbons (Fsp3) is 0.909. The number of carbonyl (C=O) groups is 1. The van der Waals surface area contributed by atoms with E-state index >= 15 is 0 Å². The number of hydrogen-bond acceptors (Lipinski definition) is 3. The molecule has 0 aromatic carbocycles. The van der Waals surface area contributed by atoms with Crippen molar-refractivity contribution in [2.45, 2.75) is 45.3 Å². The lowest BCUT2D eigenvalue weighted by atomic mass is 10.2. The Morgan fingerprint density at radius 3 is 2.59 bits per heavy atom. The van der Waals surface area contributed by atoms with Gasteiger partial charge in [0.2, 0.25) is 0 Å². The van der Waals surface area contributed by atoms with Gasteiger partial charge in [-0.2, -0.15) is 0 Å². The van der Waals surface area contributed by atoms with Crippen LogP contribution in [0.1, 0.15) is 27.7 Å². The van der Waals surface area contributed by atoms with Gasteiger partial charge in [0, 0.05) is 12.6 Å². The molecule has 1 amide bonds. The molecule has 1 aliphatic heterocycles. The molecule has 0 saturated carbocycles. The summed E-state index contributed by atoms with van der Waals surface area (Å²) in [4.78, 5) is 12.9. The monoisotopic (exact) mass is 250 g/mol. The van der Waals surface area contributed by atoms with Gasteiger partial charge >= 0.3 is 6.09 Å². The standard InChI is InChI=1S/C11H20F2N2O2/c1-8-5-14-6-11(12,13)7-15(8)9(16)17-10(2,3)4/h8,14H,5-7H2,1-4H3/t8-/m1/s1. The summed E-state index contributed by atoms with van der Waals surface area (Å²) < 4.78 is 31.9. The minimum absolute atomic E-state index is 0.307. The van der Waals surface area contributed by atoms with E-state index in [1.165, 1.54) is 0 Å². The van der Waals surface area contributed by atoms with Gasteiger partial charge in [-0.05, 0) is 27.7 Å². The Morgan fingerprint density at radius 1 is 1.47 bits per heavy atom. The Balaban J connectivity index is 2.75. The summed E-state index contributed by atoms with van der Waals surface area (Å²) in [5.41, 5.74) is -0.675. The SMILES string of the molecule is C[C@@H]1CNCC(F)(F)CN1C(=O)OC(C)(C)C. The third-order valence-corrected chi connectivity index (χ3v) is 2.39. The predicted molar refractivity (Wildman–Crippen MR) is 60.2 cm³/mol. The molecule has 1 saturated heterocycles. The number of nitrogens with zero attached hydrogens (tertiary/aromatic N) is 1. The highest BCUT2D eigenvalue weighted by Gasteiger charge is 2.39. The normalized spacial score (nSPS) is 25.3. The van der Waals surface area contributed by atoms with Crippen LogP contribution in [0.15, 0.2) is 0 Å². The lowest BCUT2D eigenvalue weighted by Crippen LogP contribution is -2.47. The summed E-state index contributed by atoms with van der Waals surface area (Å²) in [6.45, 7) is 6.19.